The van der Waals surface area contributed by atoms with E-state index in [1.54, 1.807) is 44.2 Å². The summed E-state index contributed by atoms with van der Waals surface area (Å²) in [5.74, 6) is -1.40. The molecule has 254 valence electrons. The number of halogens is 2. The van der Waals surface area contributed by atoms with Crippen molar-refractivity contribution >= 4 is 33.2 Å². The summed E-state index contributed by atoms with van der Waals surface area (Å²) in [5.41, 5.74) is 1.35. The van der Waals surface area contributed by atoms with Crippen molar-refractivity contribution in [3.8, 4) is 5.75 Å². The number of nitrogens with zero attached hydrogens (tertiary/aromatic N) is 2. The van der Waals surface area contributed by atoms with Crippen LogP contribution in [-0.4, -0.2) is 49.4 Å². The standard InChI is InChI=1S/C37H41ClFN3O5S/c1-23-5-3-15-37(44,31-19-40-16-13-32(31)39)30-10-7-27(30)20-42-21-36(14-4-6-25-17-28(38)9-11-29(25)36)22-47-34-12-8-26(18-33(34)42)35(43)41-48(45,46)24(23)2/h3,8-9,11-13,15-19,23-24,27,30,44H,4-7,10,14,20-22H2,1-2H3,(H,41,43)/b15-3-/t23-,24+,27-,30+,36-,37+/m0/s1. The number of sulfonamides is 1. The van der Waals surface area contributed by atoms with E-state index in [0.29, 0.717) is 49.0 Å². The lowest BCUT2D eigenvalue weighted by atomic mass is 9.62. The van der Waals surface area contributed by atoms with Gasteiger partial charge in [0.2, 0.25) is 10.0 Å². The Morgan fingerprint density at radius 2 is 1.96 bits per heavy atom. The van der Waals surface area contributed by atoms with Crippen LogP contribution in [0.5, 0.6) is 5.75 Å². The van der Waals surface area contributed by atoms with Crippen LogP contribution in [0.15, 0.2) is 67.0 Å². The van der Waals surface area contributed by atoms with Crippen molar-refractivity contribution in [2.24, 2.45) is 17.8 Å². The SMILES string of the molecule is C[C@@H]1[C@@H](C)C/C=C\[C@](O)(c2cnccc2F)[C@@H]2CC[C@H]2CN2C[C@@]3(CCCc4cc(Cl)ccc43)COc3ccc(cc32)C(=O)NS1(=O)=O. The predicted molar refractivity (Wildman–Crippen MR) is 183 cm³/mol. The van der Waals surface area contributed by atoms with Crippen LogP contribution in [0.3, 0.4) is 0 Å². The number of aromatic nitrogens is 1. The highest BCUT2D eigenvalue weighted by Crippen LogP contribution is 2.51. The van der Waals surface area contributed by atoms with E-state index >= 15 is 4.39 Å². The molecule has 1 fully saturated rings. The van der Waals surface area contributed by atoms with Crippen LogP contribution in [0.2, 0.25) is 5.02 Å². The normalized spacial score (nSPS) is 32.1. The zero-order chi connectivity index (χ0) is 33.8. The van der Waals surface area contributed by atoms with Gasteiger partial charge in [0, 0.05) is 53.0 Å². The molecule has 2 aliphatic heterocycles. The average molecular weight is 694 g/mol. The first-order valence-electron chi connectivity index (χ1n) is 16.8. The second kappa shape index (κ2) is 12.4. The molecule has 0 unspecified atom stereocenters. The van der Waals surface area contributed by atoms with Crippen LogP contribution in [0.4, 0.5) is 10.1 Å². The van der Waals surface area contributed by atoms with Gasteiger partial charge >= 0.3 is 0 Å². The number of benzene rings is 2. The third kappa shape index (κ3) is 5.79. The van der Waals surface area contributed by atoms with Gasteiger partial charge in [-0.2, -0.15) is 0 Å². The molecule has 48 heavy (non-hydrogen) atoms. The third-order valence-corrected chi connectivity index (χ3v) is 13.5. The van der Waals surface area contributed by atoms with Gasteiger partial charge < -0.3 is 14.7 Å². The number of nitrogens with one attached hydrogen (secondary N) is 1. The number of carbonyl (C=O) groups is 1. The van der Waals surface area contributed by atoms with Gasteiger partial charge in [0.25, 0.3) is 5.91 Å². The number of aliphatic hydroxyl groups is 1. The summed E-state index contributed by atoms with van der Waals surface area (Å²) in [6, 6.07) is 12.4. The first-order valence-corrected chi connectivity index (χ1v) is 18.7. The second-order valence-electron chi connectivity index (χ2n) is 14.2. The van der Waals surface area contributed by atoms with Gasteiger partial charge in [0.15, 0.2) is 0 Å². The molecule has 0 saturated heterocycles. The molecule has 2 aliphatic carbocycles. The van der Waals surface area contributed by atoms with E-state index in [0.717, 1.165) is 25.7 Å². The van der Waals surface area contributed by atoms with E-state index in [1.807, 2.05) is 12.1 Å². The quantitative estimate of drug-likeness (QED) is 0.288. The maximum absolute atomic E-state index is 15.4. The highest BCUT2D eigenvalue weighted by atomic mass is 35.5. The first kappa shape index (κ1) is 33.0. The molecule has 2 bridgehead atoms. The minimum Gasteiger partial charge on any atom is -0.490 e. The van der Waals surface area contributed by atoms with Crippen LogP contribution in [0, 0.1) is 23.6 Å². The second-order valence-corrected chi connectivity index (χ2v) is 16.7. The highest BCUT2D eigenvalue weighted by molar-refractivity contribution is 7.90. The van der Waals surface area contributed by atoms with Crippen molar-refractivity contribution in [1.82, 2.24) is 9.71 Å². The number of hydrogen-bond acceptors (Lipinski definition) is 7. The summed E-state index contributed by atoms with van der Waals surface area (Å²) < 4.78 is 51.1. The number of rotatable bonds is 1. The lowest BCUT2D eigenvalue weighted by molar-refractivity contribution is -0.0524. The number of carbonyl (C=O) groups excluding carboxylic acids is 1. The monoisotopic (exact) mass is 693 g/mol. The van der Waals surface area contributed by atoms with Gasteiger partial charge in [-0.3, -0.25) is 9.78 Å². The minimum atomic E-state index is -4.05. The number of amides is 1. The Bertz CT molecular complexity index is 1890. The van der Waals surface area contributed by atoms with Crippen molar-refractivity contribution < 1.29 is 27.4 Å². The van der Waals surface area contributed by atoms with Crippen LogP contribution < -0.4 is 14.4 Å². The topological polar surface area (TPSA) is 109 Å². The molecule has 1 amide bonds. The number of anilines is 1. The number of ether oxygens (including phenoxy) is 1. The Hall–Kier alpha value is -3.47. The van der Waals surface area contributed by atoms with Gasteiger partial charge in [-0.25, -0.2) is 17.5 Å². The van der Waals surface area contributed by atoms with E-state index in [4.69, 9.17) is 16.3 Å². The van der Waals surface area contributed by atoms with E-state index in [-0.39, 0.29) is 28.4 Å². The lowest BCUT2D eigenvalue weighted by Gasteiger charge is -2.49. The molecule has 11 heteroatoms. The van der Waals surface area contributed by atoms with E-state index < -0.39 is 38.5 Å². The molecule has 2 N–H and O–H groups in total. The maximum atomic E-state index is 15.4. The fraction of sp³-hybridized carbons (Fsp3) is 0.459. The summed E-state index contributed by atoms with van der Waals surface area (Å²) in [6.07, 6.45) is 10.7. The van der Waals surface area contributed by atoms with Gasteiger partial charge in [0.1, 0.15) is 17.2 Å². The number of hydrogen-bond donors (Lipinski definition) is 2. The fourth-order valence-corrected chi connectivity index (χ4v) is 9.71. The van der Waals surface area contributed by atoms with Crippen LogP contribution >= 0.6 is 11.6 Å². The summed E-state index contributed by atoms with van der Waals surface area (Å²) in [6.45, 7) is 4.85. The van der Waals surface area contributed by atoms with Gasteiger partial charge in [0.05, 0.1) is 17.5 Å². The number of aryl methyl sites for hydroxylation is 1. The average Bonchev–Trinajstić information content (AvgIpc) is 3.18. The van der Waals surface area contributed by atoms with Crippen molar-refractivity contribution in [3.05, 3.63) is 100 Å². The fourth-order valence-electron chi connectivity index (χ4n) is 8.23. The van der Waals surface area contributed by atoms with Crippen molar-refractivity contribution in [1.29, 1.82) is 0 Å². The van der Waals surface area contributed by atoms with Gasteiger partial charge in [-0.1, -0.05) is 36.7 Å². The van der Waals surface area contributed by atoms with Crippen molar-refractivity contribution in [2.75, 3.05) is 24.6 Å². The molecule has 3 aromatic rings. The lowest BCUT2D eigenvalue weighted by Crippen LogP contribution is -2.51. The molecule has 1 spiro atoms. The van der Waals surface area contributed by atoms with E-state index in [2.05, 4.69) is 20.7 Å². The minimum absolute atomic E-state index is 0.0300. The smallest absolute Gasteiger partial charge is 0.264 e. The number of allylic oxidation sites excluding steroid dienone is 1. The number of fused-ring (bicyclic) bond motifs is 4. The van der Waals surface area contributed by atoms with Crippen molar-refractivity contribution in [2.45, 2.75) is 68.6 Å². The molecule has 7 rings (SSSR count). The Kier molecular flexibility index (Phi) is 8.57. The van der Waals surface area contributed by atoms with Gasteiger partial charge in [-0.15, -0.1) is 0 Å². The zero-order valence-electron chi connectivity index (χ0n) is 27.2. The molecule has 8 nitrogen and oxygen atoms in total. The summed E-state index contributed by atoms with van der Waals surface area (Å²) in [7, 11) is -4.05. The van der Waals surface area contributed by atoms with Gasteiger partial charge in [-0.05, 0) is 105 Å². The molecule has 0 radical (unpaired) electrons. The Labute approximate surface area is 286 Å². The highest BCUT2D eigenvalue weighted by Gasteiger charge is 2.50. The van der Waals surface area contributed by atoms with Crippen molar-refractivity contribution in [3.63, 3.8) is 0 Å². The maximum Gasteiger partial charge on any atom is 0.264 e. The first-order chi connectivity index (χ1) is 22.9. The number of pyridine rings is 1. The zero-order valence-corrected chi connectivity index (χ0v) is 28.7. The summed E-state index contributed by atoms with van der Waals surface area (Å²) in [5, 5.41) is 12.2. The van der Waals surface area contributed by atoms with Crippen LogP contribution in [0.1, 0.15) is 73.0 Å². The Balaban J connectivity index is 1.36. The van der Waals surface area contributed by atoms with Crippen LogP contribution in [0.25, 0.3) is 0 Å². The molecule has 1 aromatic heterocycles. The molecular weight excluding hydrogens is 653 g/mol. The molecular formula is C37H41ClFN3O5S. The third-order valence-electron chi connectivity index (χ3n) is 11.3. The molecule has 4 aliphatic rings. The Morgan fingerprint density at radius 3 is 2.73 bits per heavy atom. The predicted octanol–water partition coefficient (Wildman–Crippen LogP) is 6.31. The summed E-state index contributed by atoms with van der Waals surface area (Å²) in [4.78, 5) is 19.9. The molecule has 1 saturated carbocycles. The molecule has 6 atom stereocenters. The molecule has 3 heterocycles. The van der Waals surface area contributed by atoms with Crippen LogP contribution in [-0.2, 0) is 27.5 Å². The van der Waals surface area contributed by atoms with E-state index in [9.17, 15) is 18.3 Å². The van der Waals surface area contributed by atoms with E-state index in [1.165, 1.54) is 29.6 Å². The summed E-state index contributed by atoms with van der Waals surface area (Å²) >= 11 is 6.42. The Morgan fingerprint density at radius 1 is 1.12 bits per heavy atom. The largest absolute Gasteiger partial charge is 0.490 e. The molecule has 2 aromatic carbocycles.